The summed E-state index contributed by atoms with van der Waals surface area (Å²) in [4.78, 5) is 2.76. The molecule has 15 heavy (non-hydrogen) atoms. The zero-order chi connectivity index (χ0) is 11.3. The molecule has 0 N–H and O–H groups in total. The van der Waals surface area contributed by atoms with Crippen LogP contribution in [0.2, 0.25) is 0 Å². The van der Waals surface area contributed by atoms with Crippen molar-refractivity contribution in [3.8, 4) is 0 Å². The van der Waals surface area contributed by atoms with E-state index in [0.717, 1.165) is 6.04 Å². The first-order valence-electron chi connectivity index (χ1n) is 6.82. The summed E-state index contributed by atoms with van der Waals surface area (Å²) in [5, 5.41) is 0. The lowest BCUT2D eigenvalue weighted by atomic mass is 9.90. The maximum absolute atomic E-state index is 2.76. The maximum Gasteiger partial charge on any atom is 0.0127 e. The summed E-state index contributed by atoms with van der Waals surface area (Å²) < 4.78 is 0. The van der Waals surface area contributed by atoms with Crippen LogP contribution >= 0.6 is 0 Å². The zero-order valence-electron chi connectivity index (χ0n) is 11.2. The first-order chi connectivity index (χ1) is 7.05. The summed E-state index contributed by atoms with van der Waals surface area (Å²) in [5.74, 6) is 0. The molecule has 1 aliphatic carbocycles. The molecule has 0 heterocycles. The predicted octanol–water partition coefficient (Wildman–Crippen LogP) is 4.22. The average Bonchev–Trinajstić information content (AvgIpc) is 2.18. The molecule has 90 valence electrons. The molecule has 0 aromatic heterocycles. The number of rotatable bonds is 4. The van der Waals surface area contributed by atoms with Gasteiger partial charge in [-0.05, 0) is 46.6 Å². The second-order valence-electron chi connectivity index (χ2n) is 6.01. The summed E-state index contributed by atoms with van der Waals surface area (Å²) in [7, 11) is 0. The normalized spacial score (nSPS) is 19.8. The molecule has 1 nitrogen and oxygen atoms in total. The van der Waals surface area contributed by atoms with Gasteiger partial charge in [0.2, 0.25) is 0 Å². The maximum atomic E-state index is 2.76. The van der Waals surface area contributed by atoms with Crippen molar-refractivity contribution in [1.29, 1.82) is 0 Å². The highest BCUT2D eigenvalue weighted by Crippen LogP contribution is 2.28. The molecule has 1 heteroatoms. The second-order valence-corrected chi connectivity index (χ2v) is 6.01. The SMILES string of the molecule is CCCCN(C1CCCCC1)C(C)(C)C. The van der Waals surface area contributed by atoms with Crippen LogP contribution < -0.4 is 0 Å². The van der Waals surface area contributed by atoms with Crippen molar-refractivity contribution in [3.63, 3.8) is 0 Å². The Balaban J connectivity index is 2.53. The van der Waals surface area contributed by atoms with Crippen LogP contribution in [0.4, 0.5) is 0 Å². The molecule has 0 unspecified atom stereocenters. The minimum atomic E-state index is 0.358. The van der Waals surface area contributed by atoms with Gasteiger partial charge in [-0.1, -0.05) is 32.6 Å². The van der Waals surface area contributed by atoms with Gasteiger partial charge in [0.25, 0.3) is 0 Å². The van der Waals surface area contributed by atoms with Crippen LogP contribution in [0.15, 0.2) is 0 Å². The number of nitrogens with zero attached hydrogens (tertiary/aromatic N) is 1. The van der Waals surface area contributed by atoms with Gasteiger partial charge in [-0.2, -0.15) is 0 Å². The number of hydrogen-bond donors (Lipinski definition) is 0. The zero-order valence-corrected chi connectivity index (χ0v) is 11.2. The highest BCUT2D eigenvalue weighted by atomic mass is 15.2. The fraction of sp³-hybridized carbons (Fsp3) is 1.00. The highest BCUT2D eigenvalue weighted by Gasteiger charge is 2.28. The Morgan fingerprint density at radius 2 is 1.67 bits per heavy atom. The molecule has 0 aromatic carbocycles. The molecule has 0 amide bonds. The lowest BCUT2D eigenvalue weighted by Gasteiger charge is -2.43. The molecule has 1 fully saturated rings. The van der Waals surface area contributed by atoms with E-state index in [-0.39, 0.29) is 0 Å². The Bertz CT molecular complexity index is 163. The third-order valence-corrected chi connectivity index (χ3v) is 3.63. The lowest BCUT2D eigenvalue weighted by molar-refractivity contribution is 0.0590. The molecule has 0 atom stereocenters. The van der Waals surface area contributed by atoms with Gasteiger partial charge in [0.15, 0.2) is 0 Å². The summed E-state index contributed by atoms with van der Waals surface area (Å²) in [5.41, 5.74) is 0.358. The number of hydrogen-bond acceptors (Lipinski definition) is 1. The van der Waals surface area contributed by atoms with Crippen molar-refractivity contribution >= 4 is 0 Å². The van der Waals surface area contributed by atoms with Crippen LogP contribution in [0.1, 0.15) is 72.6 Å². The smallest absolute Gasteiger partial charge is 0.0127 e. The van der Waals surface area contributed by atoms with Crippen LogP contribution in [-0.4, -0.2) is 23.0 Å². The van der Waals surface area contributed by atoms with E-state index in [1.165, 1.54) is 51.5 Å². The van der Waals surface area contributed by atoms with Crippen molar-refractivity contribution in [1.82, 2.24) is 4.90 Å². The Labute approximate surface area is 96.2 Å². The fourth-order valence-electron chi connectivity index (χ4n) is 2.79. The van der Waals surface area contributed by atoms with Gasteiger partial charge in [-0.25, -0.2) is 0 Å². The van der Waals surface area contributed by atoms with Crippen LogP contribution in [0, 0.1) is 0 Å². The molecule has 0 radical (unpaired) electrons. The van der Waals surface area contributed by atoms with Gasteiger partial charge in [-0.3, -0.25) is 4.90 Å². The van der Waals surface area contributed by atoms with Gasteiger partial charge in [0.05, 0.1) is 0 Å². The highest BCUT2D eigenvalue weighted by molar-refractivity contribution is 4.84. The van der Waals surface area contributed by atoms with Crippen molar-refractivity contribution in [2.45, 2.75) is 84.2 Å². The third-order valence-electron chi connectivity index (χ3n) is 3.63. The first kappa shape index (κ1) is 13.0. The van der Waals surface area contributed by atoms with Gasteiger partial charge < -0.3 is 0 Å². The van der Waals surface area contributed by atoms with E-state index < -0.39 is 0 Å². The van der Waals surface area contributed by atoms with Crippen LogP contribution in [0.5, 0.6) is 0 Å². The van der Waals surface area contributed by atoms with Crippen LogP contribution in [0.3, 0.4) is 0 Å². The Kier molecular flexibility index (Phi) is 5.11. The average molecular weight is 211 g/mol. The lowest BCUT2D eigenvalue weighted by Crippen LogP contribution is -2.49. The summed E-state index contributed by atoms with van der Waals surface area (Å²) in [6.45, 7) is 10.7. The molecular weight excluding hydrogens is 182 g/mol. The van der Waals surface area contributed by atoms with E-state index in [1.54, 1.807) is 0 Å². The van der Waals surface area contributed by atoms with Crippen molar-refractivity contribution in [2.75, 3.05) is 6.54 Å². The molecule has 0 aliphatic heterocycles. The predicted molar refractivity (Wildman–Crippen MR) is 68.2 cm³/mol. The van der Waals surface area contributed by atoms with Gasteiger partial charge in [0.1, 0.15) is 0 Å². The topological polar surface area (TPSA) is 3.24 Å². The summed E-state index contributed by atoms with van der Waals surface area (Å²) in [6, 6.07) is 0.866. The van der Waals surface area contributed by atoms with Gasteiger partial charge in [-0.15, -0.1) is 0 Å². The molecule has 0 aromatic rings. The molecule has 0 spiro atoms. The van der Waals surface area contributed by atoms with Crippen molar-refractivity contribution in [2.24, 2.45) is 0 Å². The second kappa shape index (κ2) is 5.89. The van der Waals surface area contributed by atoms with E-state index >= 15 is 0 Å². The van der Waals surface area contributed by atoms with Gasteiger partial charge in [0, 0.05) is 11.6 Å². The largest absolute Gasteiger partial charge is 0.296 e. The van der Waals surface area contributed by atoms with E-state index in [2.05, 4.69) is 32.6 Å². The molecule has 0 bridgehead atoms. The monoisotopic (exact) mass is 211 g/mol. The minimum absolute atomic E-state index is 0.358. The quantitative estimate of drug-likeness (QED) is 0.673. The minimum Gasteiger partial charge on any atom is -0.296 e. The van der Waals surface area contributed by atoms with Crippen molar-refractivity contribution in [3.05, 3.63) is 0 Å². The van der Waals surface area contributed by atoms with Gasteiger partial charge >= 0.3 is 0 Å². The Morgan fingerprint density at radius 3 is 2.13 bits per heavy atom. The summed E-state index contributed by atoms with van der Waals surface area (Å²) in [6.07, 6.45) is 9.89. The molecule has 0 saturated heterocycles. The van der Waals surface area contributed by atoms with E-state index in [4.69, 9.17) is 0 Å². The number of unbranched alkanes of at least 4 members (excludes halogenated alkanes) is 1. The van der Waals surface area contributed by atoms with Crippen molar-refractivity contribution < 1.29 is 0 Å². The first-order valence-corrected chi connectivity index (χ1v) is 6.82. The van der Waals surface area contributed by atoms with E-state index in [9.17, 15) is 0 Å². The summed E-state index contributed by atoms with van der Waals surface area (Å²) >= 11 is 0. The molecule has 1 aliphatic rings. The Morgan fingerprint density at radius 1 is 1.07 bits per heavy atom. The third kappa shape index (κ3) is 4.14. The molecule has 1 saturated carbocycles. The fourth-order valence-corrected chi connectivity index (χ4v) is 2.79. The standard InChI is InChI=1S/C14H29N/c1-5-6-12-15(14(2,3)4)13-10-8-7-9-11-13/h13H,5-12H2,1-4H3. The molecule has 1 rings (SSSR count). The van der Waals surface area contributed by atoms with E-state index in [0.29, 0.717) is 5.54 Å². The Hall–Kier alpha value is -0.0400. The van der Waals surface area contributed by atoms with Crippen LogP contribution in [-0.2, 0) is 0 Å². The van der Waals surface area contributed by atoms with Crippen LogP contribution in [0.25, 0.3) is 0 Å². The van der Waals surface area contributed by atoms with E-state index in [1.807, 2.05) is 0 Å². The molecular formula is C14H29N.